The molecule has 0 atom stereocenters. The SMILES string of the molecule is COc1ccc(C(=O)Nc2cccc(-c3cccnc3)c2)c(OC)c1. The van der Waals surface area contributed by atoms with Gasteiger partial charge in [0, 0.05) is 29.7 Å². The number of rotatable bonds is 5. The summed E-state index contributed by atoms with van der Waals surface area (Å²) in [6.45, 7) is 0. The molecular weight excluding hydrogens is 316 g/mol. The van der Waals surface area contributed by atoms with Crippen LogP contribution in [0.1, 0.15) is 10.4 Å². The number of methoxy groups -OCH3 is 2. The van der Waals surface area contributed by atoms with E-state index in [0.29, 0.717) is 22.7 Å². The van der Waals surface area contributed by atoms with Crippen molar-refractivity contribution >= 4 is 11.6 Å². The van der Waals surface area contributed by atoms with Crippen LogP contribution in [-0.4, -0.2) is 25.1 Å². The number of hydrogen-bond acceptors (Lipinski definition) is 4. The third kappa shape index (κ3) is 3.77. The third-order valence-electron chi connectivity index (χ3n) is 3.77. The normalized spacial score (nSPS) is 10.2. The summed E-state index contributed by atoms with van der Waals surface area (Å²) in [5.74, 6) is 0.843. The van der Waals surface area contributed by atoms with E-state index < -0.39 is 0 Å². The van der Waals surface area contributed by atoms with E-state index in [0.717, 1.165) is 11.1 Å². The van der Waals surface area contributed by atoms with Crippen molar-refractivity contribution in [3.8, 4) is 22.6 Å². The smallest absolute Gasteiger partial charge is 0.259 e. The molecule has 3 rings (SSSR count). The van der Waals surface area contributed by atoms with Crippen LogP contribution < -0.4 is 14.8 Å². The van der Waals surface area contributed by atoms with E-state index >= 15 is 0 Å². The fourth-order valence-electron chi connectivity index (χ4n) is 2.49. The van der Waals surface area contributed by atoms with E-state index in [2.05, 4.69) is 10.3 Å². The maximum atomic E-state index is 12.6. The van der Waals surface area contributed by atoms with Crippen molar-refractivity contribution in [2.45, 2.75) is 0 Å². The monoisotopic (exact) mass is 334 g/mol. The molecule has 0 bridgehead atoms. The first-order valence-corrected chi connectivity index (χ1v) is 7.75. The molecule has 0 saturated carbocycles. The quantitative estimate of drug-likeness (QED) is 0.765. The van der Waals surface area contributed by atoms with Gasteiger partial charge in [-0.05, 0) is 35.9 Å². The van der Waals surface area contributed by atoms with E-state index in [4.69, 9.17) is 9.47 Å². The van der Waals surface area contributed by atoms with Gasteiger partial charge in [-0.3, -0.25) is 9.78 Å². The molecule has 2 aromatic carbocycles. The van der Waals surface area contributed by atoms with Gasteiger partial charge in [-0.15, -0.1) is 0 Å². The number of aromatic nitrogens is 1. The second-order valence-electron chi connectivity index (χ2n) is 5.34. The van der Waals surface area contributed by atoms with Crippen LogP contribution >= 0.6 is 0 Å². The highest BCUT2D eigenvalue weighted by atomic mass is 16.5. The van der Waals surface area contributed by atoms with Gasteiger partial charge in [0.2, 0.25) is 0 Å². The van der Waals surface area contributed by atoms with Crippen LogP contribution in [0.15, 0.2) is 67.0 Å². The van der Waals surface area contributed by atoms with Crippen LogP contribution in [0.4, 0.5) is 5.69 Å². The Morgan fingerprint density at radius 1 is 0.960 bits per heavy atom. The van der Waals surface area contributed by atoms with Crippen molar-refractivity contribution in [3.63, 3.8) is 0 Å². The number of carbonyl (C=O) groups excluding carboxylic acids is 1. The van der Waals surface area contributed by atoms with Crippen molar-refractivity contribution < 1.29 is 14.3 Å². The van der Waals surface area contributed by atoms with Gasteiger partial charge in [0.05, 0.1) is 19.8 Å². The summed E-state index contributed by atoms with van der Waals surface area (Å²) in [6, 6.07) is 16.5. The minimum atomic E-state index is -0.247. The van der Waals surface area contributed by atoms with E-state index in [1.165, 1.54) is 7.11 Å². The predicted molar refractivity (Wildman–Crippen MR) is 97.2 cm³/mol. The standard InChI is InChI=1S/C20H18N2O3/c1-24-17-8-9-18(19(12-17)25-2)20(23)22-16-7-3-5-14(11-16)15-6-4-10-21-13-15/h3-13H,1-2H3,(H,22,23). The summed E-state index contributed by atoms with van der Waals surface area (Å²) in [6.07, 6.45) is 3.51. The molecule has 0 fully saturated rings. The Labute approximate surface area is 146 Å². The predicted octanol–water partition coefficient (Wildman–Crippen LogP) is 4.02. The molecule has 0 saturated heterocycles. The molecular formula is C20H18N2O3. The lowest BCUT2D eigenvalue weighted by molar-refractivity contribution is 0.102. The van der Waals surface area contributed by atoms with Crippen molar-refractivity contribution in [1.29, 1.82) is 0 Å². The van der Waals surface area contributed by atoms with Gasteiger partial charge >= 0.3 is 0 Å². The van der Waals surface area contributed by atoms with Crippen molar-refractivity contribution in [3.05, 3.63) is 72.6 Å². The highest BCUT2D eigenvalue weighted by Crippen LogP contribution is 2.26. The Hall–Kier alpha value is -3.34. The van der Waals surface area contributed by atoms with E-state index in [1.807, 2.05) is 36.4 Å². The van der Waals surface area contributed by atoms with Gasteiger partial charge in [0.15, 0.2) is 0 Å². The highest BCUT2D eigenvalue weighted by Gasteiger charge is 2.14. The number of ether oxygens (including phenoxy) is 2. The molecule has 0 unspecified atom stereocenters. The van der Waals surface area contributed by atoms with Crippen molar-refractivity contribution in [2.24, 2.45) is 0 Å². The molecule has 5 nitrogen and oxygen atoms in total. The fraction of sp³-hybridized carbons (Fsp3) is 0.100. The molecule has 0 aliphatic rings. The molecule has 1 amide bonds. The summed E-state index contributed by atoms with van der Waals surface area (Å²) in [5, 5.41) is 2.90. The first kappa shape index (κ1) is 16.5. The molecule has 0 aliphatic heterocycles. The molecule has 0 radical (unpaired) electrons. The third-order valence-corrected chi connectivity index (χ3v) is 3.77. The van der Waals surface area contributed by atoms with Gasteiger partial charge in [0.25, 0.3) is 5.91 Å². The van der Waals surface area contributed by atoms with E-state index in [9.17, 15) is 4.79 Å². The molecule has 5 heteroatoms. The number of benzene rings is 2. The number of anilines is 1. The zero-order valence-electron chi connectivity index (χ0n) is 14.0. The summed E-state index contributed by atoms with van der Waals surface area (Å²) in [5.41, 5.74) is 3.10. The average molecular weight is 334 g/mol. The lowest BCUT2D eigenvalue weighted by Crippen LogP contribution is -2.13. The number of amides is 1. The van der Waals surface area contributed by atoms with E-state index in [-0.39, 0.29) is 5.91 Å². The summed E-state index contributed by atoms with van der Waals surface area (Å²) in [4.78, 5) is 16.7. The lowest BCUT2D eigenvalue weighted by atomic mass is 10.1. The van der Waals surface area contributed by atoms with Gasteiger partial charge < -0.3 is 14.8 Å². The van der Waals surface area contributed by atoms with Crippen molar-refractivity contribution in [2.75, 3.05) is 19.5 Å². The minimum absolute atomic E-state index is 0.247. The van der Waals surface area contributed by atoms with Gasteiger partial charge in [-0.1, -0.05) is 18.2 Å². The topological polar surface area (TPSA) is 60.5 Å². The first-order chi connectivity index (χ1) is 12.2. The fourth-order valence-corrected chi connectivity index (χ4v) is 2.49. The molecule has 0 aliphatic carbocycles. The number of carbonyl (C=O) groups is 1. The number of pyridine rings is 1. The molecule has 126 valence electrons. The second kappa shape index (κ2) is 7.49. The van der Waals surface area contributed by atoms with Crippen molar-refractivity contribution in [1.82, 2.24) is 4.98 Å². The van der Waals surface area contributed by atoms with Crippen LogP contribution in [-0.2, 0) is 0 Å². The summed E-state index contributed by atoms with van der Waals surface area (Å²) < 4.78 is 10.4. The molecule has 3 aromatic rings. The zero-order valence-corrected chi connectivity index (χ0v) is 14.0. The van der Waals surface area contributed by atoms with Gasteiger partial charge in [-0.25, -0.2) is 0 Å². The molecule has 25 heavy (non-hydrogen) atoms. The largest absolute Gasteiger partial charge is 0.497 e. The Bertz CT molecular complexity index is 879. The first-order valence-electron chi connectivity index (χ1n) is 7.75. The Kier molecular flexibility index (Phi) is 4.95. The maximum absolute atomic E-state index is 12.6. The van der Waals surface area contributed by atoms with Gasteiger partial charge in [-0.2, -0.15) is 0 Å². The number of hydrogen-bond donors (Lipinski definition) is 1. The summed E-state index contributed by atoms with van der Waals surface area (Å²) in [7, 11) is 3.09. The molecule has 1 aromatic heterocycles. The molecule has 1 heterocycles. The summed E-state index contributed by atoms with van der Waals surface area (Å²) >= 11 is 0. The number of nitrogens with one attached hydrogen (secondary N) is 1. The zero-order chi connectivity index (χ0) is 17.6. The van der Waals surface area contributed by atoms with Crippen LogP contribution in [0.25, 0.3) is 11.1 Å². The second-order valence-corrected chi connectivity index (χ2v) is 5.34. The average Bonchev–Trinajstić information content (AvgIpc) is 2.68. The van der Waals surface area contributed by atoms with Crippen LogP contribution in [0, 0.1) is 0 Å². The van der Waals surface area contributed by atoms with Crippen LogP contribution in [0.2, 0.25) is 0 Å². The molecule has 1 N–H and O–H groups in total. The van der Waals surface area contributed by atoms with Crippen LogP contribution in [0.3, 0.4) is 0 Å². The molecule has 0 spiro atoms. The highest BCUT2D eigenvalue weighted by molar-refractivity contribution is 6.06. The van der Waals surface area contributed by atoms with Gasteiger partial charge in [0.1, 0.15) is 11.5 Å². The Balaban J connectivity index is 1.84. The Morgan fingerprint density at radius 2 is 1.80 bits per heavy atom. The minimum Gasteiger partial charge on any atom is -0.497 e. The maximum Gasteiger partial charge on any atom is 0.259 e. The van der Waals surface area contributed by atoms with E-state index in [1.54, 1.807) is 37.7 Å². The van der Waals surface area contributed by atoms with Crippen LogP contribution in [0.5, 0.6) is 11.5 Å². The Morgan fingerprint density at radius 3 is 2.52 bits per heavy atom. The number of nitrogens with zero attached hydrogens (tertiary/aromatic N) is 1. The lowest BCUT2D eigenvalue weighted by Gasteiger charge is -2.11.